The van der Waals surface area contributed by atoms with Gasteiger partial charge in [0.1, 0.15) is 5.82 Å². The number of benzene rings is 1. The van der Waals surface area contributed by atoms with Gasteiger partial charge in [-0.1, -0.05) is 18.5 Å². The second kappa shape index (κ2) is 5.24. The van der Waals surface area contributed by atoms with Gasteiger partial charge in [0.25, 0.3) is 5.91 Å². The van der Waals surface area contributed by atoms with Crippen LogP contribution in [0, 0.1) is 11.7 Å². The van der Waals surface area contributed by atoms with Crippen LogP contribution in [0.3, 0.4) is 0 Å². The number of hydrogen-bond acceptors (Lipinski definition) is 2. The summed E-state index contributed by atoms with van der Waals surface area (Å²) < 4.78 is 12.9. The summed E-state index contributed by atoms with van der Waals surface area (Å²) in [5.74, 6) is -0.625. The first kappa shape index (κ1) is 13.3. The van der Waals surface area contributed by atoms with E-state index >= 15 is 0 Å². The van der Waals surface area contributed by atoms with Crippen molar-refractivity contribution in [1.82, 2.24) is 4.90 Å². The van der Waals surface area contributed by atoms with Crippen molar-refractivity contribution in [3.63, 3.8) is 0 Å². The smallest absolute Gasteiger partial charge is 0.255 e. The fourth-order valence-corrected chi connectivity index (χ4v) is 2.40. The van der Waals surface area contributed by atoms with Crippen molar-refractivity contribution in [1.29, 1.82) is 0 Å². The number of carbonyl (C=O) groups is 1. The molecule has 1 N–H and O–H groups in total. The average molecular weight is 272 g/mol. The van der Waals surface area contributed by atoms with E-state index in [0.29, 0.717) is 25.1 Å². The molecule has 1 saturated heterocycles. The Morgan fingerprint density at radius 1 is 1.56 bits per heavy atom. The second-order valence-electron chi connectivity index (χ2n) is 4.71. The molecule has 0 aliphatic carbocycles. The summed E-state index contributed by atoms with van der Waals surface area (Å²) in [6, 6.07) is 3.76. The van der Waals surface area contributed by atoms with Gasteiger partial charge in [-0.25, -0.2) is 4.39 Å². The van der Waals surface area contributed by atoms with E-state index in [-0.39, 0.29) is 23.0 Å². The maximum Gasteiger partial charge on any atom is 0.255 e. The zero-order valence-electron chi connectivity index (χ0n) is 10.1. The largest absolute Gasteiger partial charge is 0.393 e. The molecule has 18 heavy (non-hydrogen) atoms. The number of rotatable bonds is 1. The summed E-state index contributed by atoms with van der Waals surface area (Å²) in [5, 5.41) is 9.75. The van der Waals surface area contributed by atoms with E-state index in [2.05, 4.69) is 0 Å². The number of nitrogens with zero attached hydrogens (tertiary/aromatic N) is 1. The molecule has 1 aromatic carbocycles. The van der Waals surface area contributed by atoms with Crippen LogP contribution in [-0.4, -0.2) is 35.1 Å². The van der Waals surface area contributed by atoms with Crippen molar-refractivity contribution in [2.75, 3.05) is 13.1 Å². The monoisotopic (exact) mass is 271 g/mol. The van der Waals surface area contributed by atoms with Gasteiger partial charge in [0.2, 0.25) is 0 Å². The SMILES string of the molecule is CC1CN(C(=O)c2ccc(F)cc2Cl)CCC1O. The Balaban J connectivity index is 2.16. The maximum atomic E-state index is 12.9. The van der Waals surface area contributed by atoms with Crippen LogP contribution in [-0.2, 0) is 0 Å². The standard InChI is InChI=1S/C13H15ClFNO2/c1-8-7-16(5-4-12(8)17)13(18)10-3-2-9(15)6-11(10)14/h2-3,6,8,12,17H,4-5,7H2,1H3. The fraction of sp³-hybridized carbons (Fsp3) is 0.462. The van der Waals surface area contributed by atoms with Crippen LogP contribution >= 0.6 is 11.6 Å². The third-order valence-electron chi connectivity index (χ3n) is 3.31. The van der Waals surface area contributed by atoms with E-state index in [1.165, 1.54) is 12.1 Å². The molecular formula is C13H15ClFNO2. The van der Waals surface area contributed by atoms with Gasteiger partial charge >= 0.3 is 0 Å². The quantitative estimate of drug-likeness (QED) is 0.852. The molecular weight excluding hydrogens is 257 g/mol. The molecule has 1 aliphatic rings. The van der Waals surface area contributed by atoms with Crippen molar-refractivity contribution in [2.24, 2.45) is 5.92 Å². The van der Waals surface area contributed by atoms with Crippen molar-refractivity contribution < 1.29 is 14.3 Å². The number of aliphatic hydroxyl groups is 1. The summed E-state index contributed by atoms with van der Waals surface area (Å²) in [6.07, 6.45) is 0.198. The molecule has 2 rings (SSSR count). The number of piperidine rings is 1. The van der Waals surface area contributed by atoms with Gasteiger partial charge in [-0.3, -0.25) is 4.79 Å². The molecule has 0 bridgehead atoms. The normalized spacial score (nSPS) is 24.1. The number of amides is 1. The molecule has 0 radical (unpaired) electrons. The topological polar surface area (TPSA) is 40.5 Å². The number of likely N-dealkylation sites (tertiary alicyclic amines) is 1. The third-order valence-corrected chi connectivity index (χ3v) is 3.62. The maximum absolute atomic E-state index is 12.9. The lowest BCUT2D eigenvalue weighted by molar-refractivity contribution is 0.0297. The summed E-state index contributed by atoms with van der Waals surface area (Å²) in [4.78, 5) is 13.9. The zero-order valence-corrected chi connectivity index (χ0v) is 10.8. The van der Waals surface area contributed by atoms with Crippen LogP contribution in [0.5, 0.6) is 0 Å². The van der Waals surface area contributed by atoms with E-state index in [1.54, 1.807) is 4.90 Å². The Labute approximate surface area is 110 Å². The van der Waals surface area contributed by atoms with E-state index in [4.69, 9.17) is 11.6 Å². The van der Waals surface area contributed by atoms with Crippen molar-refractivity contribution in [2.45, 2.75) is 19.4 Å². The number of carbonyl (C=O) groups excluding carboxylic acids is 1. The highest BCUT2D eigenvalue weighted by molar-refractivity contribution is 6.33. The van der Waals surface area contributed by atoms with E-state index in [9.17, 15) is 14.3 Å². The van der Waals surface area contributed by atoms with E-state index in [0.717, 1.165) is 6.07 Å². The van der Waals surface area contributed by atoms with Gasteiger partial charge in [-0.05, 0) is 30.5 Å². The van der Waals surface area contributed by atoms with Gasteiger partial charge in [-0.15, -0.1) is 0 Å². The van der Waals surface area contributed by atoms with Gasteiger partial charge < -0.3 is 10.0 Å². The molecule has 1 heterocycles. The van der Waals surface area contributed by atoms with Crippen molar-refractivity contribution in [3.05, 3.63) is 34.6 Å². The molecule has 1 amide bonds. The Bertz CT molecular complexity index is 466. The highest BCUT2D eigenvalue weighted by atomic mass is 35.5. The van der Waals surface area contributed by atoms with Gasteiger partial charge in [0, 0.05) is 13.1 Å². The first-order chi connectivity index (χ1) is 8.49. The molecule has 0 spiro atoms. The molecule has 5 heteroatoms. The minimum absolute atomic E-state index is 0.0434. The number of halogens is 2. The highest BCUT2D eigenvalue weighted by Gasteiger charge is 2.28. The summed E-state index contributed by atoms with van der Waals surface area (Å²) >= 11 is 5.87. The molecule has 3 nitrogen and oxygen atoms in total. The lowest BCUT2D eigenvalue weighted by Gasteiger charge is -2.34. The Kier molecular flexibility index (Phi) is 3.88. The summed E-state index contributed by atoms with van der Waals surface area (Å²) in [6.45, 7) is 2.89. The molecule has 1 aliphatic heterocycles. The minimum atomic E-state index is -0.459. The zero-order chi connectivity index (χ0) is 13.3. The summed E-state index contributed by atoms with van der Waals surface area (Å²) in [7, 11) is 0. The molecule has 2 atom stereocenters. The van der Waals surface area contributed by atoms with Crippen LogP contribution in [0.25, 0.3) is 0 Å². The predicted octanol–water partition coefficient (Wildman–Crippen LogP) is 2.32. The first-order valence-electron chi connectivity index (χ1n) is 5.91. The first-order valence-corrected chi connectivity index (χ1v) is 6.29. The number of hydrogen-bond donors (Lipinski definition) is 1. The Morgan fingerprint density at radius 2 is 2.28 bits per heavy atom. The minimum Gasteiger partial charge on any atom is -0.393 e. The van der Waals surface area contributed by atoms with E-state index in [1.807, 2.05) is 6.92 Å². The average Bonchev–Trinajstić information content (AvgIpc) is 2.32. The molecule has 1 fully saturated rings. The van der Waals surface area contributed by atoms with Crippen LogP contribution < -0.4 is 0 Å². The Morgan fingerprint density at radius 3 is 2.89 bits per heavy atom. The molecule has 2 unspecified atom stereocenters. The van der Waals surface area contributed by atoms with Crippen LogP contribution in [0.2, 0.25) is 5.02 Å². The molecule has 1 aromatic rings. The van der Waals surface area contributed by atoms with Crippen molar-refractivity contribution in [3.8, 4) is 0 Å². The third kappa shape index (κ3) is 2.65. The second-order valence-corrected chi connectivity index (χ2v) is 5.12. The van der Waals surface area contributed by atoms with Crippen LogP contribution in [0.15, 0.2) is 18.2 Å². The Hall–Kier alpha value is -1.13. The van der Waals surface area contributed by atoms with Gasteiger partial charge in [0.05, 0.1) is 16.7 Å². The predicted molar refractivity (Wildman–Crippen MR) is 67.1 cm³/mol. The van der Waals surface area contributed by atoms with Crippen molar-refractivity contribution >= 4 is 17.5 Å². The fourth-order valence-electron chi connectivity index (χ4n) is 2.15. The van der Waals surface area contributed by atoms with Gasteiger partial charge in [-0.2, -0.15) is 0 Å². The number of aliphatic hydroxyl groups excluding tert-OH is 1. The van der Waals surface area contributed by atoms with Crippen LogP contribution in [0.4, 0.5) is 4.39 Å². The highest BCUT2D eigenvalue weighted by Crippen LogP contribution is 2.23. The summed E-state index contributed by atoms with van der Waals surface area (Å²) in [5.41, 5.74) is 0.307. The molecule has 0 saturated carbocycles. The molecule has 0 aromatic heterocycles. The van der Waals surface area contributed by atoms with E-state index < -0.39 is 5.82 Å². The van der Waals surface area contributed by atoms with Crippen LogP contribution in [0.1, 0.15) is 23.7 Å². The van der Waals surface area contributed by atoms with Gasteiger partial charge in [0.15, 0.2) is 0 Å². The molecule has 98 valence electrons. The lowest BCUT2D eigenvalue weighted by atomic mass is 9.96. The lowest BCUT2D eigenvalue weighted by Crippen LogP contribution is -2.45.